The minimum Gasteiger partial charge on any atom is -0.354 e. The van der Waals surface area contributed by atoms with Crippen LogP contribution >= 0.6 is 11.6 Å². The summed E-state index contributed by atoms with van der Waals surface area (Å²) in [6.07, 6.45) is 0. The summed E-state index contributed by atoms with van der Waals surface area (Å²) in [7, 11) is 0. The Morgan fingerprint density at radius 3 is 2.80 bits per heavy atom. The van der Waals surface area contributed by atoms with Gasteiger partial charge in [-0.1, -0.05) is 0 Å². The van der Waals surface area contributed by atoms with E-state index in [0.29, 0.717) is 17.4 Å². The van der Waals surface area contributed by atoms with E-state index in [-0.39, 0.29) is 5.69 Å². The third-order valence-corrected chi connectivity index (χ3v) is 3.82. The van der Waals surface area contributed by atoms with E-state index in [9.17, 15) is 4.79 Å². The molecule has 3 heterocycles. The van der Waals surface area contributed by atoms with Crippen LogP contribution in [-0.2, 0) is 0 Å². The van der Waals surface area contributed by atoms with Crippen LogP contribution in [0.3, 0.4) is 0 Å². The molecule has 0 bridgehead atoms. The number of nitrogens with zero attached hydrogens (tertiary/aromatic N) is 5. The monoisotopic (exact) mass is 296 g/mol. The molecule has 0 saturated carbocycles. The number of hydrogen-bond acceptors (Lipinski definition) is 5. The standard InChI is InChI=1S/C12H17ClN6O/c1-9-14-10(8-11-15-16-12(20)19(9)11)18-6-4-17(3-2-13)5-7-18/h8H,2-7H2,1H3,(H,16,20). The van der Waals surface area contributed by atoms with Crippen LogP contribution in [0.4, 0.5) is 5.82 Å². The first kappa shape index (κ1) is 13.4. The summed E-state index contributed by atoms with van der Waals surface area (Å²) in [6, 6.07) is 1.85. The maximum Gasteiger partial charge on any atom is 0.349 e. The average Bonchev–Trinajstić information content (AvgIpc) is 2.82. The van der Waals surface area contributed by atoms with Gasteiger partial charge in [-0.15, -0.1) is 11.6 Å². The number of hydrogen-bond donors (Lipinski definition) is 1. The molecule has 0 unspecified atom stereocenters. The van der Waals surface area contributed by atoms with Gasteiger partial charge in [0.25, 0.3) is 0 Å². The van der Waals surface area contributed by atoms with E-state index < -0.39 is 0 Å². The molecule has 1 N–H and O–H groups in total. The Morgan fingerprint density at radius 1 is 1.35 bits per heavy atom. The minimum atomic E-state index is -0.247. The third kappa shape index (κ3) is 2.38. The SMILES string of the molecule is Cc1nc(N2CCN(CCCl)CC2)cc2n[nH]c(=O)n12. The number of halogens is 1. The molecule has 1 fully saturated rings. The molecule has 0 amide bonds. The van der Waals surface area contributed by atoms with Crippen molar-refractivity contribution in [3.63, 3.8) is 0 Å². The maximum absolute atomic E-state index is 11.6. The maximum atomic E-state index is 11.6. The number of H-pyrrole nitrogens is 1. The summed E-state index contributed by atoms with van der Waals surface area (Å²) in [5.41, 5.74) is 0.365. The van der Waals surface area contributed by atoms with Crippen molar-refractivity contribution in [3.05, 3.63) is 22.4 Å². The zero-order valence-corrected chi connectivity index (χ0v) is 12.1. The van der Waals surface area contributed by atoms with Gasteiger partial charge < -0.3 is 4.90 Å². The second-order valence-electron chi connectivity index (χ2n) is 4.90. The number of rotatable bonds is 3. The van der Waals surface area contributed by atoms with Crippen LogP contribution in [0, 0.1) is 6.92 Å². The van der Waals surface area contributed by atoms with Crippen LogP contribution in [0.25, 0.3) is 5.65 Å². The van der Waals surface area contributed by atoms with Gasteiger partial charge in [0, 0.05) is 44.7 Å². The molecule has 1 aliphatic rings. The molecular formula is C12H17ClN6O. The van der Waals surface area contributed by atoms with Gasteiger partial charge in [0.05, 0.1) is 0 Å². The van der Waals surface area contributed by atoms with Crippen molar-refractivity contribution >= 4 is 23.1 Å². The molecule has 0 spiro atoms. The first-order valence-electron chi connectivity index (χ1n) is 6.67. The highest BCUT2D eigenvalue weighted by molar-refractivity contribution is 6.18. The molecule has 1 aliphatic heterocycles. The molecule has 8 heteroatoms. The Labute approximate surface area is 121 Å². The molecule has 20 heavy (non-hydrogen) atoms. The number of aryl methyl sites for hydroxylation is 1. The van der Waals surface area contributed by atoms with Crippen molar-refractivity contribution in [2.45, 2.75) is 6.92 Å². The molecule has 2 aromatic heterocycles. The zero-order chi connectivity index (χ0) is 14.1. The van der Waals surface area contributed by atoms with Gasteiger partial charge in [-0.25, -0.2) is 19.3 Å². The number of aromatic nitrogens is 4. The van der Waals surface area contributed by atoms with Crippen molar-refractivity contribution in [2.24, 2.45) is 0 Å². The fourth-order valence-corrected chi connectivity index (χ4v) is 2.80. The summed E-state index contributed by atoms with van der Waals surface area (Å²) in [6.45, 7) is 6.52. The van der Waals surface area contributed by atoms with E-state index in [1.165, 1.54) is 4.40 Å². The van der Waals surface area contributed by atoms with Crippen LogP contribution in [0.2, 0.25) is 0 Å². The van der Waals surface area contributed by atoms with Gasteiger partial charge in [0.15, 0.2) is 5.65 Å². The van der Waals surface area contributed by atoms with Crippen molar-refractivity contribution in [1.82, 2.24) is 24.5 Å². The smallest absolute Gasteiger partial charge is 0.349 e. The Kier molecular flexibility index (Phi) is 3.62. The quantitative estimate of drug-likeness (QED) is 0.813. The van der Waals surface area contributed by atoms with Crippen molar-refractivity contribution in [1.29, 1.82) is 0 Å². The molecule has 3 rings (SSSR count). The van der Waals surface area contributed by atoms with Gasteiger partial charge in [0.1, 0.15) is 11.6 Å². The number of anilines is 1. The number of alkyl halides is 1. The second kappa shape index (κ2) is 5.41. The highest BCUT2D eigenvalue weighted by Crippen LogP contribution is 2.15. The summed E-state index contributed by atoms with van der Waals surface area (Å²) >= 11 is 5.77. The summed E-state index contributed by atoms with van der Waals surface area (Å²) < 4.78 is 1.48. The lowest BCUT2D eigenvalue weighted by Gasteiger charge is -2.35. The number of piperazine rings is 1. The van der Waals surface area contributed by atoms with Crippen LogP contribution in [0.5, 0.6) is 0 Å². The highest BCUT2D eigenvalue weighted by atomic mass is 35.5. The van der Waals surface area contributed by atoms with Crippen molar-refractivity contribution in [2.75, 3.05) is 43.5 Å². The van der Waals surface area contributed by atoms with E-state index in [2.05, 4.69) is 25.0 Å². The third-order valence-electron chi connectivity index (χ3n) is 3.65. The molecular weight excluding hydrogens is 280 g/mol. The molecule has 7 nitrogen and oxygen atoms in total. The zero-order valence-electron chi connectivity index (χ0n) is 11.3. The van der Waals surface area contributed by atoms with Crippen LogP contribution < -0.4 is 10.6 Å². The van der Waals surface area contributed by atoms with E-state index in [1.54, 1.807) is 0 Å². The van der Waals surface area contributed by atoms with Crippen LogP contribution in [-0.4, -0.2) is 63.1 Å². The molecule has 108 valence electrons. The van der Waals surface area contributed by atoms with Gasteiger partial charge in [-0.05, 0) is 6.92 Å². The Hall–Kier alpha value is -1.60. The van der Waals surface area contributed by atoms with Crippen LogP contribution in [0.15, 0.2) is 10.9 Å². The molecule has 0 aliphatic carbocycles. The lowest BCUT2D eigenvalue weighted by molar-refractivity contribution is 0.272. The Balaban J connectivity index is 1.83. The van der Waals surface area contributed by atoms with Gasteiger partial charge >= 0.3 is 5.69 Å². The Bertz CT molecular complexity index is 658. The summed E-state index contributed by atoms with van der Waals surface area (Å²) in [4.78, 5) is 20.6. The number of aromatic amines is 1. The Morgan fingerprint density at radius 2 is 2.10 bits per heavy atom. The number of fused-ring (bicyclic) bond motifs is 1. The van der Waals surface area contributed by atoms with Crippen LogP contribution in [0.1, 0.15) is 5.82 Å². The van der Waals surface area contributed by atoms with Gasteiger partial charge in [-0.2, -0.15) is 5.10 Å². The molecule has 0 atom stereocenters. The minimum absolute atomic E-state index is 0.247. The predicted octanol–water partition coefficient (Wildman–Crippen LogP) is 0.0868. The molecule has 0 aromatic carbocycles. The van der Waals surface area contributed by atoms with E-state index >= 15 is 0 Å². The average molecular weight is 297 g/mol. The lowest BCUT2D eigenvalue weighted by Crippen LogP contribution is -2.47. The molecule has 2 aromatic rings. The fraction of sp³-hybridized carbons (Fsp3) is 0.583. The van der Waals surface area contributed by atoms with Gasteiger partial charge in [0.2, 0.25) is 0 Å². The summed E-state index contributed by atoms with van der Waals surface area (Å²) in [5, 5.41) is 6.46. The molecule has 0 radical (unpaired) electrons. The number of nitrogens with one attached hydrogen (secondary N) is 1. The first-order chi connectivity index (χ1) is 9.69. The largest absolute Gasteiger partial charge is 0.354 e. The fourth-order valence-electron chi connectivity index (χ4n) is 2.56. The first-order valence-corrected chi connectivity index (χ1v) is 7.20. The lowest BCUT2D eigenvalue weighted by atomic mass is 10.3. The predicted molar refractivity (Wildman–Crippen MR) is 77.7 cm³/mol. The summed E-state index contributed by atoms with van der Waals surface area (Å²) in [5.74, 6) is 2.19. The van der Waals surface area contributed by atoms with E-state index in [0.717, 1.165) is 38.5 Å². The highest BCUT2D eigenvalue weighted by Gasteiger charge is 2.19. The van der Waals surface area contributed by atoms with E-state index in [4.69, 9.17) is 11.6 Å². The topological polar surface area (TPSA) is 69.5 Å². The van der Waals surface area contributed by atoms with Crippen molar-refractivity contribution < 1.29 is 0 Å². The molecule has 1 saturated heterocycles. The normalized spacial score (nSPS) is 17.0. The van der Waals surface area contributed by atoms with Gasteiger partial charge in [-0.3, -0.25) is 4.90 Å². The second-order valence-corrected chi connectivity index (χ2v) is 5.28. The van der Waals surface area contributed by atoms with E-state index in [1.807, 2.05) is 13.0 Å². The van der Waals surface area contributed by atoms with Crippen molar-refractivity contribution in [3.8, 4) is 0 Å².